The maximum Gasteiger partial charge on any atom is 0.266 e. The number of hydrogen-bond donors (Lipinski definition) is 0. The van der Waals surface area contributed by atoms with Gasteiger partial charge in [-0.3, -0.25) is 14.2 Å². The Morgan fingerprint density at radius 3 is 2.62 bits per heavy atom. The van der Waals surface area contributed by atoms with Gasteiger partial charge in [-0.2, -0.15) is 0 Å². The van der Waals surface area contributed by atoms with E-state index >= 15 is 0 Å². The molecule has 1 aliphatic carbocycles. The van der Waals surface area contributed by atoms with Gasteiger partial charge in [0.2, 0.25) is 5.91 Å². The van der Waals surface area contributed by atoms with Crippen molar-refractivity contribution in [3.8, 4) is 5.69 Å². The SMILES string of the molecule is CCCCN(C(=O)C1CCCC1)C(CC)c1nc2ccccc2c(=O)n1-c1ccc(F)c(Cl)c1. The number of para-hydroxylation sites is 1. The molecule has 0 aliphatic heterocycles. The van der Waals surface area contributed by atoms with Crippen LogP contribution < -0.4 is 5.56 Å². The summed E-state index contributed by atoms with van der Waals surface area (Å²) in [4.78, 5) is 34.2. The third-order valence-corrected chi connectivity index (χ3v) is 7.05. The molecule has 0 saturated heterocycles. The van der Waals surface area contributed by atoms with Crippen LogP contribution in [0.1, 0.15) is 70.7 Å². The second-order valence-corrected chi connectivity index (χ2v) is 9.42. The van der Waals surface area contributed by atoms with Crippen molar-refractivity contribution in [3.05, 3.63) is 69.5 Å². The van der Waals surface area contributed by atoms with Crippen LogP contribution in [0.5, 0.6) is 0 Å². The maximum atomic E-state index is 14.0. The fraction of sp³-hybridized carbons (Fsp3) is 0.444. The van der Waals surface area contributed by atoms with Crippen molar-refractivity contribution < 1.29 is 9.18 Å². The summed E-state index contributed by atoms with van der Waals surface area (Å²) < 4.78 is 15.5. The van der Waals surface area contributed by atoms with Crippen molar-refractivity contribution in [1.82, 2.24) is 14.5 Å². The molecule has 0 bridgehead atoms. The molecule has 1 aromatic heterocycles. The Kier molecular flexibility index (Phi) is 7.67. The van der Waals surface area contributed by atoms with Crippen LogP contribution in [0, 0.1) is 11.7 Å². The fourth-order valence-corrected chi connectivity index (χ4v) is 5.12. The topological polar surface area (TPSA) is 55.2 Å². The molecule has 1 saturated carbocycles. The molecule has 34 heavy (non-hydrogen) atoms. The largest absolute Gasteiger partial charge is 0.332 e. The average molecular weight is 484 g/mol. The van der Waals surface area contributed by atoms with Gasteiger partial charge in [0, 0.05) is 12.5 Å². The van der Waals surface area contributed by atoms with E-state index in [1.165, 1.54) is 22.8 Å². The van der Waals surface area contributed by atoms with Crippen molar-refractivity contribution in [2.24, 2.45) is 5.92 Å². The second-order valence-electron chi connectivity index (χ2n) is 9.02. The summed E-state index contributed by atoms with van der Waals surface area (Å²) in [5.41, 5.74) is 0.756. The van der Waals surface area contributed by atoms with Gasteiger partial charge in [0.05, 0.1) is 27.7 Å². The van der Waals surface area contributed by atoms with Crippen molar-refractivity contribution in [1.29, 1.82) is 0 Å². The van der Waals surface area contributed by atoms with Crippen LogP contribution in [0.2, 0.25) is 5.02 Å². The standard InChI is InChI=1S/C27H31ClFN3O2/c1-3-5-16-31(26(33)18-10-6-7-11-18)24(4-2)25-30-23-13-9-8-12-20(23)27(34)32(25)19-14-15-22(29)21(28)17-19/h8-9,12-15,17-18,24H,3-7,10-11,16H2,1-2H3. The predicted octanol–water partition coefficient (Wildman–Crippen LogP) is 6.45. The number of aromatic nitrogens is 2. The van der Waals surface area contributed by atoms with Crippen LogP contribution in [0.3, 0.4) is 0 Å². The van der Waals surface area contributed by atoms with Crippen LogP contribution in [-0.4, -0.2) is 26.9 Å². The number of hydrogen-bond acceptors (Lipinski definition) is 3. The third kappa shape index (κ3) is 4.74. The van der Waals surface area contributed by atoms with Crippen molar-refractivity contribution in [2.45, 2.75) is 64.8 Å². The number of halogens is 2. The Hall–Kier alpha value is -2.73. The highest BCUT2D eigenvalue weighted by atomic mass is 35.5. The Balaban J connectivity index is 1.92. The van der Waals surface area contributed by atoms with E-state index in [0.717, 1.165) is 38.5 Å². The summed E-state index contributed by atoms with van der Waals surface area (Å²) in [5.74, 6) is 0.0915. The molecule has 0 N–H and O–H groups in total. The summed E-state index contributed by atoms with van der Waals surface area (Å²) in [6.45, 7) is 4.72. The van der Waals surface area contributed by atoms with Crippen LogP contribution in [0.25, 0.3) is 16.6 Å². The van der Waals surface area contributed by atoms with E-state index in [2.05, 4.69) is 6.92 Å². The van der Waals surface area contributed by atoms with Gasteiger partial charge in [0.25, 0.3) is 5.56 Å². The molecule has 1 heterocycles. The van der Waals surface area contributed by atoms with E-state index in [1.807, 2.05) is 24.0 Å². The zero-order chi connectivity index (χ0) is 24.2. The average Bonchev–Trinajstić information content (AvgIpc) is 3.38. The van der Waals surface area contributed by atoms with Crippen LogP contribution in [-0.2, 0) is 4.79 Å². The smallest absolute Gasteiger partial charge is 0.266 e. The number of rotatable bonds is 8. The second kappa shape index (κ2) is 10.7. The van der Waals surface area contributed by atoms with E-state index in [4.69, 9.17) is 16.6 Å². The first-order valence-electron chi connectivity index (χ1n) is 12.2. The van der Waals surface area contributed by atoms with Gasteiger partial charge in [-0.05, 0) is 56.0 Å². The van der Waals surface area contributed by atoms with E-state index in [0.29, 0.717) is 35.4 Å². The first-order chi connectivity index (χ1) is 16.5. The predicted molar refractivity (Wildman–Crippen MR) is 134 cm³/mol. The number of amides is 1. The monoisotopic (exact) mass is 483 g/mol. The lowest BCUT2D eigenvalue weighted by Crippen LogP contribution is -2.41. The molecule has 1 atom stereocenters. The number of nitrogens with zero attached hydrogens (tertiary/aromatic N) is 3. The molecule has 4 rings (SSSR count). The molecule has 1 fully saturated rings. The van der Waals surface area contributed by atoms with Gasteiger partial charge in [-0.25, -0.2) is 9.37 Å². The lowest BCUT2D eigenvalue weighted by atomic mass is 10.0. The number of fused-ring (bicyclic) bond motifs is 1. The Labute approximate surface area is 204 Å². The van der Waals surface area contributed by atoms with Gasteiger partial charge in [-0.15, -0.1) is 0 Å². The fourth-order valence-electron chi connectivity index (χ4n) is 4.94. The zero-order valence-electron chi connectivity index (χ0n) is 19.8. The zero-order valence-corrected chi connectivity index (χ0v) is 20.5. The number of carbonyl (C=O) groups excluding carboxylic acids is 1. The summed E-state index contributed by atoms with van der Waals surface area (Å²) in [7, 11) is 0. The molecule has 0 radical (unpaired) electrons. The molecular weight excluding hydrogens is 453 g/mol. The minimum Gasteiger partial charge on any atom is -0.332 e. The summed E-state index contributed by atoms with van der Waals surface area (Å²) in [6.07, 6.45) is 6.38. The Bertz CT molecular complexity index is 1240. The summed E-state index contributed by atoms with van der Waals surface area (Å²) in [6, 6.07) is 11.0. The van der Waals surface area contributed by atoms with Crippen molar-refractivity contribution >= 4 is 28.4 Å². The first-order valence-corrected chi connectivity index (χ1v) is 12.6. The molecule has 5 nitrogen and oxygen atoms in total. The first kappa shape index (κ1) is 24.4. The third-order valence-electron chi connectivity index (χ3n) is 6.76. The Morgan fingerprint density at radius 1 is 1.21 bits per heavy atom. The normalized spacial score (nSPS) is 15.1. The van der Waals surface area contributed by atoms with Gasteiger partial charge in [0.1, 0.15) is 11.6 Å². The summed E-state index contributed by atoms with van der Waals surface area (Å²) in [5, 5.41) is 0.394. The van der Waals surface area contributed by atoms with E-state index in [-0.39, 0.29) is 28.4 Å². The minimum atomic E-state index is -0.554. The van der Waals surface area contributed by atoms with Crippen LogP contribution in [0.15, 0.2) is 47.3 Å². The molecule has 1 unspecified atom stereocenters. The van der Waals surface area contributed by atoms with E-state index in [9.17, 15) is 14.0 Å². The maximum absolute atomic E-state index is 14.0. The molecule has 2 aromatic carbocycles. The van der Waals surface area contributed by atoms with Crippen molar-refractivity contribution in [2.75, 3.05) is 6.54 Å². The molecule has 7 heteroatoms. The molecule has 1 amide bonds. The quantitative estimate of drug-likeness (QED) is 0.370. The van der Waals surface area contributed by atoms with Crippen LogP contribution >= 0.6 is 11.6 Å². The minimum absolute atomic E-state index is 0.0202. The van der Waals surface area contributed by atoms with E-state index in [1.54, 1.807) is 12.1 Å². The molecule has 0 spiro atoms. The lowest BCUT2D eigenvalue weighted by molar-refractivity contribution is -0.138. The highest BCUT2D eigenvalue weighted by molar-refractivity contribution is 6.30. The van der Waals surface area contributed by atoms with Gasteiger partial charge in [-0.1, -0.05) is 56.8 Å². The number of unbranched alkanes of at least 4 members (excludes halogenated alkanes) is 1. The lowest BCUT2D eigenvalue weighted by Gasteiger charge is -2.34. The highest BCUT2D eigenvalue weighted by Crippen LogP contribution is 2.33. The molecule has 1 aliphatic rings. The van der Waals surface area contributed by atoms with E-state index < -0.39 is 5.82 Å². The van der Waals surface area contributed by atoms with Gasteiger partial charge < -0.3 is 4.90 Å². The molecular formula is C27H31ClFN3O2. The molecule has 180 valence electrons. The van der Waals surface area contributed by atoms with Gasteiger partial charge in [0.15, 0.2) is 0 Å². The highest BCUT2D eigenvalue weighted by Gasteiger charge is 2.33. The summed E-state index contributed by atoms with van der Waals surface area (Å²) >= 11 is 6.09. The van der Waals surface area contributed by atoms with Crippen LogP contribution in [0.4, 0.5) is 4.39 Å². The van der Waals surface area contributed by atoms with Gasteiger partial charge >= 0.3 is 0 Å². The molecule has 3 aromatic rings. The van der Waals surface area contributed by atoms with Crippen molar-refractivity contribution in [3.63, 3.8) is 0 Å². The number of carbonyl (C=O) groups is 1. The number of benzene rings is 2. The Morgan fingerprint density at radius 2 is 1.94 bits per heavy atom.